The van der Waals surface area contributed by atoms with Gasteiger partial charge in [0.05, 0.1) is 18.8 Å². The van der Waals surface area contributed by atoms with Crippen molar-refractivity contribution in [1.29, 1.82) is 0 Å². The summed E-state index contributed by atoms with van der Waals surface area (Å²) in [5, 5.41) is 0. The number of ether oxygens (including phenoxy) is 1. The molecule has 2 unspecified atom stereocenters. The third-order valence-electron chi connectivity index (χ3n) is 4.13. The molecule has 2 rings (SSSR count). The average molecular weight is 460 g/mol. The van der Waals surface area contributed by atoms with Gasteiger partial charge in [-0.2, -0.15) is 0 Å². The van der Waals surface area contributed by atoms with E-state index in [4.69, 9.17) is 9.73 Å². The number of nitrogens with zero attached hydrogens (tertiary/aromatic N) is 4. The third-order valence-corrected chi connectivity index (χ3v) is 4.13. The van der Waals surface area contributed by atoms with E-state index in [0.29, 0.717) is 18.8 Å². The molecular weight excluding hydrogens is 427 g/mol. The fourth-order valence-corrected chi connectivity index (χ4v) is 3.27. The molecule has 1 aromatic carbocycles. The van der Waals surface area contributed by atoms with E-state index in [1.807, 2.05) is 38.0 Å². The van der Waals surface area contributed by atoms with Crippen LogP contribution >= 0.6 is 24.0 Å². The van der Waals surface area contributed by atoms with Crippen LogP contribution < -0.4 is 0 Å². The highest BCUT2D eigenvalue weighted by Gasteiger charge is 2.21. The number of hydrogen-bond acceptors (Lipinski definition) is 3. The maximum Gasteiger partial charge on any atom is 0.195 e. The summed E-state index contributed by atoms with van der Waals surface area (Å²) in [5.74, 6) is 0.982. The Bertz CT molecular complexity index is 525. The van der Waals surface area contributed by atoms with Crippen molar-refractivity contribution in [3.05, 3.63) is 35.4 Å². The number of aliphatic imine (C=N–C) groups is 1. The van der Waals surface area contributed by atoms with Crippen molar-refractivity contribution in [3.63, 3.8) is 0 Å². The van der Waals surface area contributed by atoms with Gasteiger partial charge in [-0.3, -0.25) is 4.90 Å². The molecule has 0 amide bonds. The van der Waals surface area contributed by atoms with Gasteiger partial charge in [-0.25, -0.2) is 4.99 Å². The van der Waals surface area contributed by atoms with Crippen LogP contribution in [0.5, 0.6) is 0 Å². The molecule has 0 aromatic heterocycles. The molecule has 142 valence electrons. The topological polar surface area (TPSA) is 31.3 Å². The summed E-state index contributed by atoms with van der Waals surface area (Å²) in [4.78, 5) is 11.2. The largest absolute Gasteiger partial charge is 0.373 e. The van der Waals surface area contributed by atoms with Crippen molar-refractivity contribution in [2.24, 2.45) is 4.99 Å². The van der Waals surface area contributed by atoms with Gasteiger partial charge >= 0.3 is 0 Å². The molecule has 0 bridgehead atoms. The maximum absolute atomic E-state index is 5.80. The zero-order valence-corrected chi connectivity index (χ0v) is 18.7. The zero-order valence-electron chi connectivity index (χ0n) is 16.4. The first-order valence-corrected chi connectivity index (χ1v) is 8.70. The lowest BCUT2D eigenvalue weighted by molar-refractivity contribution is -0.0704. The van der Waals surface area contributed by atoms with Crippen molar-refractivity contribution >= 4 is 29.9 Å². The van der Waals surface area contributed by atoms with Gasteiger partial charge in [0.15, 0.2) is 5.96 Å². The van der Waals surface area contributed by atoms with E-state index in [9.17, 15) is 0 Å². The monoisotopic (exact) mass is 460 g/mol. The fraction of sp³-hybridized carbons (Fsp3) is 0.632. The first-order chi connectivity index (χ1) is 11.3. The summed E-state index contributed by atoms with van der Waals surface area (Å²) in [6.45, 7) is 8.00. The Morgan fingerprint density at radius 1 is 1.00 bits per heavy atom. The van der Waals surface area contributed by atoms with E-state index in [-0.39, 0.29) is 24.0 Å². The molecule has 2 atom stereocenters. The van der Waals surface area contributed by atoms with Crippen molar-refractivity contribution < 1.29 is 4.74 Å². The molecule has 1 aliphatic rings. The molecule has 1 aromatic rings. The lowest BCUT2D eigenvalue weighted by Crippen LogP contribution is -2.44. The summed E-state index contributed by atoms with van der Waals surface area (Å²) < 4.78 is 5.80. The highest BCUT2D eigenvalue weighted by Crippen LogP contribution is 2.15. The van der Waals surface area contributed by atoms with E-state index in [1.165, 1.54) is 11.1 Å². The van der Waals surface area contributed by atoms with Crippen LogP contribution in [0, 0.1) is 0 Å². The molecule has 1 fully saturated rings. The molecule has 6 heteroatoms. The van der Waals surface area contributed by atoms with Crippen LogP contribution in [-0.4, -0.2) is 74.1 Å². The van der Waals surface area contributed by atoms with E-state index in [0.717, 1.165) is 25.6 Å². The highest BCUT2D eigenvalue weighted by atomic mass is 127. The zero-order chi connectivity index (χ0) is 17.7. The van der Waals surface area contributed by atoms with Crippen molar-refractivity contribution in [1.82, 2.24) is 14.7 Å². The molecule has 5 nitrogen and oxygen atoms in total. The minimum Gasteiger partial charge on any atom is -0.373 e. The maximum atomic E-state index is 5.80. The molecule has 1 aliphatic heterocycles. The van der Waals surface area contributed by atoms with Gasteiger partial charge < -0.3 is 14.5 Å². The summed E-state index contributed by atoms with van der Waals surface area (Å²) in [5.41, 5.74) is 2.59. The summed E-state index contributed by atoms with van der Waals surface area (Å²) in [7, 11) is 8.08. The quantitative estimate of drug-likeness (QED) is 0.393. The van der Waals surface area contributed by atoms with Crippen LogP contribution in [0.1, 0.15) is 25.0 Å². The Kier molecular flexibility index (Phi) is 9.16. The van der Waals surface area contributed by atoms with E-state index in [1.54, 1.807) is 0 Å². The number of rotatable bonds is 4. The van der Waals surface area contributed by atoms with Crippen LogP contribution in [0.4, 0.5) is 0 Å². The lowest BCUT2D eigenvalue weighted by Gasteiger charge is -2.35. The minimum absolute atomic E-state index is 0. The predicted octanol–water partition coefficient (Wildman–Crippen LogP) is 2.89. The summed E-state index contributed by atoms with van der Waals surface area (Å²) >= 11 is 0. The van der Waals surface area contributed by atoms with Gasteiger partial charge in [0, 0.05) is 47.8 Å². The van der Waals surface area contributed by atoms with Crippen LogP contribution in [0.2, 0.25) is 0 Å². The first-order valence-electron chi connectivity index (χ1n) is 8.70. The summed E-state index contributed by atoms with van der Waals surface area (Å²) in [6, 6.07) is 8.82. The second kappa shape index (κ2) is 10.3. The number of morpholine rings is 1. The minimum atomic E-state index is 0. The average Bonchev–Trinajstić information content (AvgIpc) is 2.47. The van der Waals surface area contributed by atoms with Gasteiger partial charge in [0.25, 0.3) is 0 Å². The Hall–Kier alpha value is -0.860. The SMILES string of the molecule is CC1CN(Cc2ccc(CN=C(N(C)C)N(C)C)cc2)CC(C)O1.I. The molecule has 25 heavy (non-hydrogen) atoms. The first kappa shape index (κ1) is 22.2. The molecule has 0 aliphatic carbocycles. The van der Waals surface area contributed by atoms with Crippen LogP contribution in [0.15, 0.2) is 29.3 Å². The third kappa shape index (κ3) is 7.11. The van der Waals surface area contributed by atoms with Gasteiger partial charge in [0.1, 0.15) is 0 Å². The Balaban J connectivity index is 0.00000312. The van der Waals surface area contributed by atoms with Crippen molar-refractivity contribution in [2.45, 2.75) is 39.1 Å². The fourth-order valence-electron chi connectivity index (χ4n) is 3.27. The molecule has 0 spiro atoms. The number of guanidine groups is 1. The number of halogens is 1. The standard InChI is InChI=1S/C19H32N4O.HI/c1-15-12-23(13-16(2)24-15)14-18-9-7-17(8-10-18)11-20-19(21(3)4)22(5)6;/h7-10,15-16H,11-14H2,1-6H3;1H. The molecule has 0 N–H and O–H groups in total. The lowest BCUT2D eigenvalue weighted by atomic mass is 10.1. The smallest absolute Gasteiger partial charge is 0.195 e. The van der Waals surface area contributed by atoms with Crippen molar-refractivity contribution in [2.75, 3.05) is 41.3 Å². The van der Waals surface area contributed by atoms with E-state index >= 15 is 0 Å². The van der Waals surface area contributed by atoms with Crippen LogP contribution in [0.25, 0.3) is 0 Å². The Labute approximate surface area is 170 Å². The second-order valence-electron chi connectivity index (χ2n) is 7.17. The molecular formula is C19H33IN4O. The predicted molar refractivity (Wildman–Crippen MR) is 116 cm³/mol. The number of hydrogen-bond donors (Lipinski definition) is 0. The number of benzene rings is 1. The van der Waals surface area contributed by atoms with Gasteiger partial charge in [-0.05, 0) is 25.0 Å². The molecule has 0 saturated carbocycles. The van der Waals surface area contributed by atoms with E-state index in [2.05, 4.69) is 43.0 Å². The second-order valence-corrected chi connectivity index (χ2v) is 7.17. The molecule has 1 heterocycles. The summed E-state index contributed by atoms with van der Waals surface area (Å²) in [6.07, 6.45) is 0.635. The normalized spacial score (nSPS) is 20.6. The van der Waals surface area contributed by atoms with Gasteiger partial charge in [-0.1, -0.05) is 24.3 Å². The highest BCUT2D eigenvalue weighted by molar-refractivity contribution is 14.0. The Morgan fingerprint density at radius 2 is 1.48 bits per heavy atom. The van der Waals surface area contributed by atoms with E-state index < -0.39 is 0 Å². The molecule has 0 radical (unpaired) electrons. The van der Waals surface area contributed by atoms with Crippen molar-refractivity contribution in [3.8, 4) is 0 Å². The van der Waals surface area contributed by atoms with Gasteiger partial charge in [-0.15, -0.1) is 24.0 Å². The van der Waals surface area contributed by atoms with Crippen LogP contribution in [-0.2, 0) is 17.8 Å². The van der Waals surface area contributed by atoms with Crippen LogP contribution in [0.3, 0.4) is 0 Å². The molecule has 1 saturated heterocycles. The van der Waals surface area contributed by atoms with Gasteiger partial charge in [0.2, 0.25) is 0 Å². The Morgan fingerprint density at radius 3 is 1.96 bits per heavy atom.